The molecule has 1 aromatic rings. The van der Waals surface area contributed by atoms with Gasteiger partial charge in [0.05, 0.1) is 6.61 Å². The summed E-state index contributed by atoms with van der Waals surface area (Å²) in [4.78, 5) is 26.3. The van der Waals surface area contributed by atoms with Crippen LogP contribution in [0.3, 0.4) is 0 Å². The Morgan fingerprint density at radius 3 is 2.52 bits per heavy atom. The van der Waals surface area contributed by atoms with Crippen LogP contribution in [0.2, 0.25) is 18.1 Å². The Labute approximate surface area is 159 Å². The molecule has 0 spiro atoms. The number of rotatable bonds is 4. The lowest BCUT2D eigenvalue weighted by Crippen LogP contribution is -2.55. The van der Waals surface area contributed by atoms with E-state index in [0.717, 1.165) is 4.57 Å². The number of terminal acetylenes is 1. The summed E-state index contributed by atoms with van der Waals surface area (Å²) in [5.41, 5.74) is -2.86. The van der Waals surface area contributed by atoms with Gasteiger partial charge in [-0.3, -0.25) is 14.3 Å². The Bertz CT molecular complexity index is 862. The molecule has 8 nitrogen and oxygen atoms in total. The highest BCUT2D eigenvalue weighted by Crippen LogP contribution is 2.44. The van der Waals surface area contributed by atoms with Gasteiger partial charge in [0.15, 0.2) is 20.1 Å². The summed E-state index contributed by atoms with van der Waals surface area (Å²) in [5, 5.41) is 20.6. The molecule has 0 aromatic carbocycles. The molecule has 0 unspecified atom stereocenters. The summed E-state index contributed by atoms with van der Waals surface area (Å²) in [6.45, 7) is 11.0. The second-order valence-corrected chi connectivity index (χ2v) is 13.2. The van der Waals surface area contributed by atoms with Gasteiger partial charge in [0.1, 0.15) is 12.2 Å². The van der Waals surface area contributed by atoms with Crippen LogP contribution in [0.4, 0.5) is 0 Å². The van der Waals surface area contributed by atoms with E-state index < -0.39 is 50.2 Å². The van der Waals surface area contributed by atoms with Crippen LogP contribution in [0, 0.1) is 19.3 Å². The first kappa shape index (κ1) is 21.6. The average Bonchev–Trinajstić information content (AvgIpc) is 2.82. The van der Waals surface area contributed by atoms with Crippen molar-refractivity contribution in [2.45, 2.75) is 69.9 Å². The zero-order valence-corrected chi connectivity index (χ0v) is 17.6. The third-order valence-electron chi connectivity index (χ3n) is 5.53. The molecule has 1 saturated heterocycles. The van der Waals surface area contributed by atoms with E-state index in [1.165, 1.54) is 6.20 Å². The molecule has 2 heterocycles. The fourth-order valence-corrected chi connectivity index (χ4v) is 4.01. The largest absolute Gasteiger partial charge is 0.405 e. The number of nitrogens with one attached hydrogen (secondary N) is 1. The Balaban J connectivity index is 2.62. The van der Waals surface area contributed by atoms with Gasteiger partial charge in [-0.15, -0.1) is 6.42 Å². The lowest BCUT2D eigenvalue weighted by Gasteiger charge is -2.41. The fourth-order valence-electron chi connectivity index (χ4n) is 2.73. The number of H-pyrrole nitrogens is 1. The van der Waals surface area contributed by atoms with Crippen molar-refractivity contribution in [2.24, 2.45) is 0 Å². The van der Waals surface area contributed by atoms with Gasteiger partial charge in [0.25, 0.3) is 5.56 Å². The van der Waals surface area contributed by atoms with Gasteiger partial charge in [-0.05, 0) is 25.1 Å². The van der Waals surface area contributed by atoms with Crippen LogP contribution in [0.15, 0.2) is 15.8 Å². The van der Waals surface area contributed by atoms with Crippen molar-refractivity contribution in [1.82, 2.24) is 9.55 Å². The molecule has 0 bridgehead atoms. The summed E-state index contributed by atoms with van der Waals surface area (Å²) in [6, 6.07) is 0. The minimum absolute atomic E-state index is 0.198. The molecule has 4 atom stereocenters. The molecule has 1 aromatic heterocycles. The van der Waals surface area contributed by atoms with Crippen LogP contribution in [-0.2, 0) is 9.16 Å². The monoisotopic (exact) mass is 396 g/mol. The van der Waals surface area contributed by atoms with Crippen molar-refractivity contribution in [3.05, 3.63) is 32.6 Å². The third-order valence-corrected chi connectivity index (χ3v) is 9.99. The molecule has 9 heteroatoms. The molecule has 150 valence electrons. The van der Waals surface area contributed by atoms with Crippen molar-refractivity contribution in [3.8, 4) is 12.3 Å². The van der Waals surface area contributed by atoms with E-state index in [2.05, 4.69) is 10.9 Å². The zero-order chi connectivity index (χ0) is 20.8. The summed E-state index contributed by atoms with van der Waals surface area (Å²) in [6.07, 6.45) is 3.59. The molecule has 0 aliphatic carbocycles. The van der Waals surface area contributed by atoms with Crippen molar-refractivity contribution in [3.63, 3.8) is 0 Å². The zero-order valence-electron chi connectivity index (χ0n) is 16.6. The van der Waals surface area contributed by atoms with Crippen LogP contribution in [0.1, 0.15) is 32.6 Å². The van der Waals surface area contributed by atoms with Crippen molar-refractivity contribution in [2.75, 3.05) is 6.61 Å². The fraction of sp³-hybridized carbons (Fsp3) is 0.667. The highest BCUT2D eigenvalue weighted by Gasteiger charge is 2.59. The number of aliphatic hydroxyl groups excluding tert-OH is 1. The lowest BCUT2D eigenvalue weighted by molar-refractivity contribution is -0.0624. The normalized spacial score (nSPS) is 28.9. The summed E-state index contributed by atoms with van der Waals surface area (Å²) >= 11 is 0. The van der Waals surface area contributed by atoms with Gasteiger partial charge in [0.2, 0.25) is 0 Å². The molecule has 1 fully saturated rings. The number of aromatic amines is 1. The summed E-state index contributed by atoms with van der Waals surface area (Å²) in [7, 11) is -2.44. The highest BCUT2D eigenvalue weighted by atomic mass is 28.4. The molecule has 0 radical (unpaired) electrons. The van der Waals surface area contributed by atoms with Gasteiger partial charge in [-0.1, -0.05) is 26.7 Å². The topological polar surface area (TPSA) is 114 Å². The minimum atomic E-state index is -2.44. The Hall–Kier alpha value is -1.70. The van der Waals surface area contributed by atoms with Crippen molar-refractivity contribution < 1.29 is 19.4 Å². The second kappa shape index (κ2) is 7.03. The number of hydrogen-bond donors (Lipinski definition) is 3. The lowest BCUT2D eigenvalue weighted by atomic mass is 9.93. The van der Waals surface area contributed by atoms with Gasteiger partial charge in [-0.25, -0.2) is 4.79 Å². The van der Waals surface area contributed by atoms with E-state index in [4.69, 9.17) is 15.6 Å². The molecule has 0 saturated carbocycles. The molecule has 3 N–H and O–H groups in total. The Morgan fingerprint density at radius 2 is 2.04 bits per heavy atom. The predicted molar refractivity (Wildman–Crippen MR) is 103 cm³/mol. The third kappa shape index (κ3) is 3.68. The molecular weight excluding hydrogens is 368 g/mol. The van der Waals surface area contributed by atoms with Crippen LogP contribution < -0.4 is 11.2 Å². The van der Waals surface area contributed by atoms with E-state index in [-0.39, 0.29) is 5.04 Å². The SMILES string of the molecule is C#C[C@@]1(O)[C@@H](CO)O[C@@H](n2cc(C)c(=O)[nH]c2=O)[C@@H]1O[Si](C)(C)C(C)(C)C. The van der Waals surface area contributed by atoms with Gasteiger partial charge >= 0.3 is 5.69 Å². The molecule has 27 heavy (non-hydrogen) atoms. The van der Waals surface area contributed by atoms with Crippen LogP contribution in [-0.4, -0.2) is 52.5 Å². The first-order valence-corrected chi connectivity index (χ1v) is 11.7. The number of aryl methyl sites for hydroxylation is 1. The van der Waals surface area contributed by atoms with E-state index in [1.54, 1.807) is 6.92 Å². The average molecular weight is 397 g/mol. The van der Waals surface area contributed by atoms with E-state index in [0.29, 0.717) is 5.56 Å². The summed E-state index contributed by atoms with van der Waals surface area (Å²) < 4.78 is 13.2. The number of aliphatic hydroxyl groups is 2. The quantitative estimate of drug-likeness (QED) is 0.504. The van der Waals surface area contributed by atoms with E-state index in [1.807, 2.05) is 33.9 Å². The first-order chi connectivity index (χ1) is 12.3. The van der Waals surface area contributed by atoms with Crippen LogP contribution in [0.5, 0.6) is 0 Å². The maximum atomic E-state index is 12.4. The van der Waals surface area contributed by atoms with Crippen LogP contribution >= 0.6 is 0 Å². The molecule has 2 rings (SSSR count). The number of aromatic nitrogens is 2. The van der Waals surface area contributed by atoms with E-state index >= 15 is 0 Å². The molecule has 1 aliphatic rings. The maximum Gasteiger partial charge on any atom is 0.330 e. The van der Waals surface area contributed by atoms with Crippen molar-refractivity contribution >= 4 is 8.32 Å². The van der Waals surface area contributed by atoms with E-state index in [9.17, 15) is 19.8 Å². The highest BCUT2D eigenvalue weighted by molar-refractivity contribution is 6.74. The van der Waals surface area contributed by atoms with Gasteiger partial charge in [-0.2, -0.15) is 0 Å². The first-order valence-electron chi connectivity index (χ1n) is 8.75. The summed E-state index contributed by atoms with van der Waals surface area (Å²) in [5.74, 6) is 2.29. The number of ether oxygens (including phenoxy) is 1. The second-order valence-electron chi connectivity index (χ2n) is 8.44. The van der Waals surface area contributed by atoms with Gasteiger partial charge < -0.3 is 19.4 Å². The minimum Gasteiger partial charge on any atom is -0.405 e. The number of hydrogen-bond acceptors (Lipinski definition) is 6. The smallest absolute Gasteiger partial charge is 0.330 e. The van der Waals surface area contributed by atoms with Crippen molar-refractivity contribution in [1.29, 1.82) is 0 Å². The molecular formula is C18H28N2O6Si. The van der Waals surface area contributed by atoms with Crippen LogP contribution in [0.25, 0.3) is 0 Å². The Kier molecular flexibility index (Phi) is 5.63. The number of nitrogens with zero attached hydrogens (tertiary/aromatic N) is 1. The predicted octanol–water partition coefficient (Wildman–Crippen LogP) is 0.489. The standard InChI is InChI=1S/C18H28N2O6Si/c1-8-18(24)12(10-21)25-15(13(18)26-27(6,7)17(3,4)5)20-9-11(2)14(22)19-16(20)23/h1,9,12-13,15,21,24H,10H2,2-7H3,(H,19,22,23)/t12-,13+,15-,18-/m1/s1. The molecule has 1 aliphatic heterocycles. The van der Waals surface area contributed by atoms with Gasteiger partial charge in [0, 0.05) is 11.8 Å². The maximum absolute atomic E-state index is 12.4. The Morgan fingerprint density at radius 1 is 1.44 bits per heavy atom. The molecule has 0 amide bonds.